The Balaban J connectivity index is 3.42. The fraction of sp³-hybridized carbons (Fsp3) is 0.900. The van der Waals surface area contributed by atoms with E-state index in [-0.39, 0.29) is 11.7 Å². The number of quaternary nitrogens is 1. The van der Waals surface area contributed by atoms with E-state index in [0.717, 1.165) is 4.48 Å². The van der Waals surface area contributed by atoms with Crippen LogP contribution in [-0.4, -0.2) is 44.7 Å². The average molecular weight is 188 g/mol. The molecule has 0 N–H and O–H groups in total. The summed E-state index contributed by atoms with van der Waals surface area (Å²) < 4.78 is 6.14. The van der Waals surface area contributed by atoms with Crippen molar-refractivity contribution in [2.45, 2.75) is 20.3 Å². The molecule has 0 spiro atoms. The predicted octanol–water partition coefficient (Wildman–Crippen LogP) is 1.28. The Labute approximate surface area is 81.3 Å². The van der Waals surface area contributed by atoms with Crippen molar-refractivity contribution in [3.8, 4) is 0 Å². The van der Waals surface area contributed by atoms with E-state index in [9.17, 15) is 4.79 Å². The fourth-order valence-corrected chi connectivity index (χ4v) is 0.800. The summed E-state index contributed by atoms with van der Waals surface area (Å²) in [5.41, 5.74) is 0. The van der Waals surface area contributed by atoms with Gasteiger partial charge >= 0.3 is 0 Å². The van der Waals surface area contributed by atoms with E-state index in [1.807, 2.05) is 13.8 Å². The first-order valence-electron chi connectivity index (χ1n) is 4.74. The third-order valence-corrected chi connectivity index (χ3v) is 1.62. The number of nitrogens with zero attached hydrogens (tertiary/aromatic N) is 1. The van der Waals surface area contributed by atoms with Crippen molar-refractivity contribution >= 4 is 5.78 Å². The maximum absolute atomic E-state index is 11.2. The Morgan fingerprint density at radius 1 is 1.31 bits per heavy atom. The van der Waals surface area contributed by atoms with Crippen LogP contribution in [0.25, 0.3) is 0 Å². The highest BCUT2D eigenvalue weighted by molar-refractivity contribution is 5.80. The summed E-state index contributed by atoms with van der Waals surface area (Å²) in [5.74, 6) is 0.411. The molecule has 0 aromatic heterocycles. The molecule has 0 rings (SSSR count). The first-order valence-corrected chi connectivity index (χ1v) is 4.74. The molecule has 0 atom stereocenters. The number of carbonyl (C=O) groups excluding carboxylic acids is 1. The summed E-state index contributed by atoms with van der Waals surface area (Å²) in [6.45, 7) is 5.04. The van der Waals surface area contributed by atoms with E-state index in [2.05, 4.69) is 21.1 Å². The van der Waals surface area contributed by atoms with Crippen LogP contribution in [-0.2, 0) is 9.53 Å². The zero-order chi connectivity index (χ0) is 10.5. The van der Waals surface area contributed by atoms with Crippen LogP contribution in [0.4, 0.5) is 0 Å². The van der Waals surface area contributed by atoms with Crippen molar-refractivity contribution in [1.82, 2.24) is 0 Å². The zero-order valence-corrected chi connectivity index (χ0v) is 9.46. The van der Waals surface area contributed by atoms with Gasteiger partial charge in [-0.05, 0) is 0 Å². The standard InChI is InChI=1S/C10H22NO2/c1-9(2)10(12)6-7-13-8-11(3,4)5/h9H,6-8H2,1-5H3/q+1. The quantitative estimate of drug-likeness (QED) is 0.356. The molecule has 0 bridgehead atoms. The summed E-state index contributed by atoms with van der Waals surface area (Å²) in [5, 5.41) is 0. The predicted molar refractivity (Wildman–Crippen MR) is 53.3 cm³/mol. The molecule has 0 aliphatic heterocycles. The molecule has 0 unspecified atom stereocenters. The third-order valence-electron chi connectivity index (χ3n) is 1.62. The van der Waals surface area contributed by atoms with Gasteiger partial charge in [-0.25, -0.2) is 0 Å². The van der Waals surface area contributed by atoms with Crippen LogP contribution < -0.4 is 0 Å². The second kappa shape index (κ2) is 5.35. The largest absolute Gasteiger partial charge is 0.331 e. The second-order valence-corrected chi connectivity index (χ2v) is 4.70. The molecule has 3 heteroatoms. The van der Waals surface area contributed by atoms with Crippen molar-refractivity contribution in [1.29, 1.82) is 0 Å². The van der Waals surface area contributed by atoms with Crippen molar-refractivity contribution < 1.29 is 14.0 Å². The Hall–Kier alpha value is -0.410. The lowest BCUT2D eigenvalue weighted by molar-refractivity contribution is -0.890. The van der Waals surface area contributed by atoms with Gasteiger partial charge in [0.2, 0.25) is 0 Å². The van der Waals surface area contributed by atoms with Gasteiger partial charge in [0.25, 0.3) is 0 Å². The summed E-state index contributed by atoms with van der Waals surface area (Å²) in [6, 6.07) is 0. The van der Waals surface area contributed by atoms with Gasteiger partial charge in [0.15, 0.2) is 6.73 Å². The zero-order valence-electron chi connectivity index (χ0n) is 9.46. The maximum Gasteiger partial charge on any atom is 0.182 e. The molecule has 0 saturated carbocycles. The third kappa shape index (κ3) is 7.94. The van der Waals surface area contributed by atoms with Crippen LogP contribution in [0, 0.1) is 5.92 Å². The number of rotatable bonds is 6. The minimum atomic E-state index is 0.132. The molecule has 0 heterocycles. The van der Waals surface area contributed by atoms with Gasteiger partial charge in [0.1, 0.15) is 5.78 Å². The summed E-state index contributed by atoms with van der Waals surface area (Å²) in [7, 11) is 6.18. The molecule has 0 saturated heterocycles. The van der Waals surface area contributed by atoms with Crippen LogP contribution >= 0.6 is 0 Å². The molecule has 0 radical (unpaired) electrons. The molecule has 0 aliphatic carbocycles. The lowest BCUT2D eigenvalue weighted by Gasteiger charge is -2.23. The summed E-state index contributed by atoms with van der Waals surface area (Å²) in [4.78, 5) is 11.2. The SMILES string of the molecule is CC(C)C(=O)CCOC[N+](C)(C)C. The van der Waals surface area contributed by atoms with Gasteiger partial charge in [-0.1, -0.05) is 13.8 Å². The maximum atomic E-state index is 11.2. The topological polar surface area (TPSA) is 26.3 Å². The highest BCUT2D eigenvalue weighted by Crippen LogP contribution is 1.99. The molecule has 0 fully saturated rings. The number of ether oxygens (including phenoxy) is 1. The second-order valence-electron chi connectivity index (χ2n) is 4.70. The van der Waals surface area contributed by atoms with E-state index in [0.29, 0.717) is 19.8 Å². The molecular weight excluding hydrogens is 166 g/mol. The number of carbonyl (C=O) groups is 1. The molecule has 0 aromatic carbocycles. The Bertz CT molecular complexity index is 159. The Kier molecular flexibility index (Phi) is 5.18. The average Bonchev–Trinajstić information content (AvgIpc) is 1.95. The minimum Gasteiger partial charge on any atom is -0.331 e. The van der Waals surface area contributed by atoms with E-state index in [1.54, 1.807) is 0 Å². The van der Waals surface area contributed by atoms with Crippen LogP contribution in [0.2, 0.25) is 0 Å². The van der Waals surface area contributed by atoms with E-state index >= 15 is 0 Å². The first-order chi connectivity index (χ1) is 5.83. The Morgan fingerprint density at radius 2 is 1.85 bits per heavy atom. The highest BCUT2D eigenvalue weighted by Gasteiger charge is 2.09. The lowest BCUT2D eigenvalue weighted by Crippen LogP contribution is -2.37. The fourth-order valence-electron chi connectivity index (χ4n) is 0.800. The van der Waals surface area contributed by atoms with Gasteiger partial charge < -0.3 is 9.22 Å². The van der Waals surface area contributed by atoms with Crippen molar-refractivity contribution in [3.63, 3.8) is 0 Å². The lowest BCUT2D eigenvalue weighted by atomic mass is 10.1. The molecule has 3 nitrogen and oxygen atoms in total. The van der Waals surface area contributed by atoms with Crippen LogP contribution in [0.1, 0.15) is 20.3 Å². The molecule has 0 amide bonds. The smallest absolute Gasteiger partial charge is 0.182 e. The van der Waals surface area contributed by atoms with Gasteiger partial charge in [-0.3, -0.25) is 4.79 Å². The molecule has 0 aliphatic rings. The summed E-state index contributed by atoms with van der Waals surface area (Å²) in [6.07, 6.45) is 0.539. The van der Waals surface area contributed by atoms with E-state index in [1.165, 1.54) is 0 Å². The van der Waals surface area contributed by atoms with Crippen molar-refractivity contribution in [2.24, 2.45) is 5.92 Å². The van der Waals surface area contributed by atoms with Gasteiger partial charge in [0, 0.05) is 12.3 Å². The number of hydrogen-bond acceptors (Lipinski definition) is 2. The number of ketones is 1. The van der Waals surface area contributed by atoms with Crippen LogP contribution in [0.3, 0.4) is 0 Å². The monoisotopic (exact) mass is 188 g/mol. The van der Waals surface area contributed by atoms with Crippen LogP contribution in [0.15, 0.2) is 0 Å². The van der Waals surface area contributed by atoms with Crippen molar-refractivity contribution in [3.05, 3.63) is 0 Å². The van der Waals surface area contributed by atoms with E-state index < -0.39 is 0 Å². The van der Waals surface area contributed by atoms with Gasteiger partial charge in [0.05, 0.1) is 27.7 Å². The minimum absolute atomic E-state index is 0.132. The molecule has 13 heavy (non-hydrogen) atoms. The van der Waals surface area contributed by atoms with Gasteiger partial charge in [-0.2, -0.15) is 0 Å². The first kappa shape index (κ1) is 12.6. The number of Topliss-reactive ketones (excluding diaryl/α,β-unsaturated/α-hetero) is 1. The Morgan fingerprint density at radius 3 is 2.23 bits per heavy atom. The summed E-state index contributed by atoms with van der Waals surface area (Å²) >= 11 is 0. The van der Waals surface area contributed by atoms with Crippen LogP contribution in [0.5, 0.6) is 0 Å². The molecule has 0 aromatic rings. The van der Waals surface area contributed by atoms with Crippen molar-refractivity contribution in [2.75, 3.05) is 34.5 Å². The number of hydrogen-bond donors (Lipinski definition) is 0. The normalized spacial score (nSPS) is 12.2. The highest BCUT2D eigenvalue weighted by atomic mass is 16.5. The van der Waals surface area contributed by atoms with E-state index in [4.69, 9.17) is 4.74 Å². The molecule has 78 valence electrons. The molecular formula is C10H22NO2+. The van der Waals surface area contributed by atoms with Gasteiger partial charge in [-0.15, -0.1) is 0 Å².